The van der Waals surface area contributed by atoms with Crippen molar-refractivity contribution < 1.29 is 0 Å². The van der Waals surface area contributed by atoms with E-state index in [1.165, 1.54) is 0 Å². The fourth-order valence-electron chi connectivity index (χ4n) is 1.24. The van der Waals surface area contributed by atoms with Crippen molar-refractivity contribution in [3.63, 3.8) is 0 Å². The molecule has 16 heavy (non-hydrogen) atoms. The number of rotatable bonds is 2. The van der Waals surface area contributed by atoms with Crippen molar-refractivity contribution in [1.29, 1.82) is 0 Å². The Morgan fingerprint density at radius 2 is 1.94 bits per heavy atom. The Kier molecular flexibility index (Phi) is 3.41. The van der Waals surface area contributed by atoms with Gasteiger partial charge in [0.2, 0.25) is 5.95 Å². The zero-order chi connectivity index (χ0) is 11.5. The lowest BCUT2D eigenvalue weighted by Crippen LogP contribution is -1.98. The third kappa shape index (κ3) is 2.51. The summed E-state index contributed by atoms with van der Waals surface area (Å²) in [6.45, 7) is 1.95. The highest BCUT2D eigenvalue weighted by Gasteiger charge is 2.03. The molecule has 0 unspecified atom stereocenters. The van der Waals surface area contributed by atoms with Crippen LogP contribution in [0.3, 0.4) is 0 Å². The molecule has 1 heterocycles. The molecule has 0 bridgehead atoms. The van der Waals surface area contributed by atoms with Crippen LogP contribution in [0.1, 0.15) is 5.56 Å². The van der Waals surface area contributed by atoms with Crippen LogP contribution in [-0.2, 0) is 0 Å². The van der Waals surface area contributed by atoms with Gasteiger partial charge in [0.15, 0.2) is 0 Å². The molecular formula is C11H9BrClN3. The van der Waals surface area contributed by atoms with E-state index in [4.69, 9.17) is 11.6 Å². The first-order chi connectivity index (χ1) is 7.66. The summed E-state index contributed by atoms with van der Waals surface area (Å²) in [6, 6.07) is 5.67. The molecule has 0 aliphatic carbocycles. The molecule has 1 aromatic carbocycles. The Bertz CT molecular complexity index is 499. The van der Waals surface area contributed by atoms with E-state index in [9.17, 15) is 0 Å². The molecule has 1 N–H and O–H groups in total. The number of benzene rings is 1. The second-order valence-electron chi connectivity index (χ2n) is 3.26. The largest absolute Gasteiger partial charge is 0.324 e. The lowest BCUT2D eigenvalue weighted by Gasteiger charge is -2.08. The number of nitrogens with one attached hydrogen (secondary N) is 1. The fourth-order valence-corrected chi connectivity index (χ4v) is 1.62. The van der Waals surface area contributed by atoms with Gasteiger partial charge in [0, 0.05) is 23.1 Å². The minimum Gasteiger partial charge on any atom is -0.324 e. The second kappa shape index (κ2) is 4.80. The van der Waals surface area contributed by atoms with Crippen LogP contribution in [0.25, 0.3) is 0 Å². The molecule has 0 aliphatic heterocycles. The van der Waals surface area contributed by atoms with Gasteiger partial charge in [0.05, 0.1) is 4.47 Å². The first kappa shape index (κ1) is 11.4. The molecule has 1 aromatic heterocycles. The number of hydrogen-bond donors (Lipinski definition) is 1. The molecule has 82 valence electrons. The zero-order valence-electron chi connectivity index (χ0n) is 8.54. The van der Waals surface area contributed by atoms with Crippen molar-refractivity contribution in [1.82, 2.24) is 9.97 Å². The quantitative estimate of drug-likeness (QED) is 0.912. The van der Waals surface area contributed by atoms with Crippen LogP contribution < -0.4 is 5.32 Å². The van der Waals surface area contributed by atoms with Gasteiger partial charge < -0.3 is 5.32 Å². The molecule has 0 atom stereocenters. The van der Waals surface area contributed by atoms with Gasteiger partial charge in [-0.05, 0) is 40.5 Å². The molecule has 2 aromatic rings. The summed E-state index contributed by atoms with van der Waals surface area (Å²) in [6.07, 6.45) is 3.38. The van der Waals surface area contributed by atoms with Crippen molar-refractivity contribution in [3.05, 3.63) is 45.7 Å². The van der Waals surface area contributed by atoms with Crippen LogP contribution in [0.4, 0.5) is 11.6 Å². The van der Waals surface area contributed by atoms with Gasteiger partial charge >= 0.3 is 0 Å². The normalized spacial score (nSPS) is 10.2. The monoisotopic (exact) mass is 297 g/mol. The molecule has 0 saturated carbocycles. The second-order valence-corrected chi connectivity index (χ2v) is 4.59. The molecule has 0 saturated heterocycles. The molecule has 0 fully saturated rings. The smallest absolute Gasteiger partial charge is 0.227 e. The van der Waals surface area contributed by atoms with E-state index in [0.29, 0.717) is 5.95 Å². The third-order valence-corrected chi connectivity index (χ3v) is 2.95. The molecule has 0 aliphatic rings. The highest BCUT2D eigenvalue weighted by Crippen LogP contribution is 2.24. The number of hydrogen-bond acceptors (Lipinski definition) is 3. The van der Waals surface area contributed by atoms with Crippen LogP contribution in [-0.4, -0.2) is 9.97 Å². The van der Waals surface area contributed by atoms with Crippen molar-refractivity contribution in [3.8, 4) is 0 Å². The first-order valence-electron chi connectivity index (χ1n) is 4.66. The van der Waals surface area contributed by atoms with Crippen LogP contribution in [0.15, 0.2) is 35.1 Å². The summed E-state index contributed by atoms with van der Waals surface area (Å²) in [5.41, 5.74) is 1.89. The standard InChI is InChI=1S/C11H9BrClN3/c1-7-9(13)3-2-4-10(7)16-11-14-5-8(12)6-15-11/h2-6H,1H3,(H,14,15,16). The van der Waals surface area contributed by atoms with E-state index in [1.54, 1.807) is 12.4 Å². The van der Waals surface area contributed by atoms with Crippen LogP contribution in [0.2, 0.25) is 5.02 Å². The van der Waals surface area contributed by atoms with Gasteiger partial charge in [-0.25, -0.2) is 9.97 Å². The Morgan fingerprint density at radius 1 is 1.25 bits per heavy atom. The summed E-state index contributed by atoms with van der Waals surface area (Å²) in [4.78, 5) is 8.26. The topological polar surface area (TPSA) is 37.8 Å². The average Bonchev–Trinajstić information content (AvgIpc) is 2.28. The van der Waals surface area contributed by atoms with Gasteiger partial charge in [0.25, 0.3) is 0 Å². The number of nitrogens with zero attached hydrogens (tertiary/aromatic N) is 2. The highest BCUT2D eigenvalue weighted by molar-refractivity contribution is 9.10. The van der Waals surface area contributed by atoms with E-state index >= 15 is 0 Å². The fraction of sp³-hybridized carbons (Fsp3) is 0.0909. The van der Waals surface area contributed by atoms with Gasteiger partial charge in [-0.2, -0.15) is 0 Å². The lowest BCUT2D eigenvalue weighted by molar-refractivity contribution is 1.15. The summed E-state index contributed by atoms with van der Waals surface area (Å²) >= 11 is 9.30. The maximum atomic E-state index is 6.02. The number of anilines is 2. The maximum absolute atomic E-state index is 6.02. The molecular weight excluding hydrogens is 289 g/mol. The van der Waals surface area contributed by atoms with Crippen molar-refractivity contribution in [2.24, 2.45) is 0 Å². The van der Waals surface area contributed by atoms with Crippen molar-refractivity contribution >= 4 is 39.2 Å². The maximum Gasteiger partial charge on any atom is 0.227 e. The lowest BCUT2D eigenvalue weighted by atomic mass is 10.2. The first-order valence-corrected chi connectivity index (χ1v) is 5.83. The Balaban J connectivity index is 2.27. The van der Waals surface area contributed by atoms with E-state index in [0.717, 1.165) is 20.7 Å². The highest BCUT2D eigenvalue weighted by atomic mass is 79.9. The predicted octanol–water partition coefficient (Wildman–Crippen LogP) is 3.94. The van der Waals surface area contributed by atoms with Crippen molar-refractivity contribution in [2.75, 3.05) is 5.32 Å². The minimum absolute atomic E-state index is 0.550. The van der Waals surface area contributed by atoms with Crippen LogP contribution in [0.5, 0.6) is 0 Å². The Morgan fingerprint density at radius 3 is 2.62 bits per heavy atom. The summed E-state index contributed by atoms with van der Waals surface area (Å²) < 4.78 is 0.848. The predicted molar refractivity (Wildman–Crippen MR) is 69.2 cm³/mol. The molecule has 0 spiro atoms. The molecule has 0 amide bonds. The molecule has 0 radical (unpaired) electrons. The van der Waals surface area contributed by atoms with Crippen LogP contribution in [0, 0.1) is 6.92 Å². The Labute approximate surface area is 107 Å². The SMILES string of the molecule is Cc1c(Cl)cccc1Nc1ncc(Br)cn1. The summed E-state index contributed by atoms with van der Waals surface area (Å²) in [7, 11) is 0. The van der Waals surface area contributed by atoms with E-state index < -0.39 is 0 Å². The van der Waals surface area contributed by atoms with E-state index in [-0.39, 0.29) is 0 Å². The van der Waals surface area contributed by atoms with E-state index in [2.05, 4.69) is 31.2 Å². The van der Waals surface area contributed by atoms with Gasteiger partial charge in [-0.1, -0.05) is 17.7 Å². The Hall–Kier alpha value is -1.13. The zero-order valence-corrected chi connectivity index (χ0v) is 10.9. The van der Waals surface area contributed by atoms with E-state index in [1.807, 2.05) is 25.1 Å². The van der Waals surface area contributed by atoms with Crippen LogP contribution >= 0.6 is 27.5 Å². The minimum atomic E-state index is 0.550. The van der Waals surface area contributed by atoms with Gasteiger partial charge in [-0.3, -0.25) is 0 Å². The summed E-state index contributed by atoms with van der Waals surface area (Å²) in [5.74, 6) is 0.550. The third-order valence-electron chi connectivity index (χ3n) is 2.13. The molecule has 2 rings (SSSR count). The van der Waals surface area contributed by atoms with Gasteiger partial charge in [-0.15, -0.1) is 0 Å². The van der Waals surface area contributed by atoms with Gasteiger partial charge in [0.1, 0.15) is 0 Å². The average molecular weight is 299 g/mol. The molecule has 3 nitrogen and oxygen atoms in total. The molecule has 5 heteroatoms. The summed E-state index contributed by atoms with van der Waals surface area (Å²) in [5, 5.41) is 3.84. The van der Waals surface area contributed by atoms with Crippen molar-refractivity contribution in [2.45, 2.75) is 6.92 Å². The number of aromatic nitrogens is 2. The number of halogens is 2.